The average molecular weight is 239 g/mol. The summed E-state index contributed by atoms with van der Waals surface area (Å²) in [5.74, 6) is 0.374. The Morgan fingerprint density at radius 3 is 2.61 bits per heavy atom. The van der Waals surface area contributed by atoms with Crippen LogP contribution < -0.4 is 5.73 Å². The number of rotatable bonds is 3. The van der Waals surface area contributed by atoms with Crippen LogP contribution in [0.3, 0.4) is 0 Å². The molecule has 1 aromatic rings. The van der Waals surface area contributed by atoms with Crippen molar-refractivity contribution in [1.82, 2.24) is 0 Å². The molecular formula is C17H21N. The molecule has 1 aromatic carbocycles. The predicted molar refractivity (Wildman–Crippen MR) is 79.0 cm³/mol. The number of nitrogens with two attached hydrogens (primary N) is 1. The van der Waals surface area contributed by atoms with Crippen LogP contribution in [0.25, 0.3) is 5.57 Å². The summed E-state index contributed by atoms with van der Waals surface area (Å²) in [5.41, 5.74) is 10.9. The van der Waals surface area contributed by atoms with Gasteiger partial charge >= 0.3 is 0 Å². The van der Waals surface area contributed by atoms with Crippen LogP contribution in [0.15, 0.2) is 54.3 Å². The lowest BCUT2D eigenvalue weighted by atomic mass is 9.90. The van der Waals surface area contributed by atoms with Crippen LogP contribution in [0.5, 0.6) is 0 Å². The lowest BCUT2D eigenvalue weighted by molar-refractivity contribution is 0.752. The fourth-order valence-corrected chi connectivity index (χ4v) is 2.21. The molecule has 2 N–H and O–H groups in total. The van der Waals surface area contributed by atoms with E-state index in [-0.39, 0.29) is 0 Å². The highest BCUT2D eigenvalue weighted by molar-refractivity contribution is 5.75. The molecule has 0 fully saturated rings. The third kappa shape index (κ3) is 2.92. The number of aryl methyl sites for hydroxylation is 1. The molecule has 1 aliphatic carbocycles. The van der Waals surface area contributed by atoms with Crippen LogP contribution in [-0.4, -0.2) is 0 Å². The first-order valence-electron chi connectivity index (χ1n) is 6.61. The molecule has 1 aliphatic rings. The van der Waals surface area contributed by atoms with Gasteiger partial charge < -0.3 is 5.73 Å². The summed E-state index contributed by atoms with van der Waals surface area (Å²) in [5, 5.41) is 0. The monoisotopic (exact) mass is 239 g/mol. The summed E-state index contributed by atoms with van der Waals surface area (Å²) >= 11 is 0. The zero-order valence-corrected chi connectivity index (χ0v) is 11.2. The molecule has 0 saturated carbocycles. The summed E-state index contributed by atoms with van der Waals surface area (Å²) in [7, 11) is 0. The summed E-state index contributed by atoms with van der Waals surface area (Å²) in [6.07, 6.45) is 10.8. The van der Waals surface area contributed by atoms with Gasteiger partial charge in [-0.3, -0.25) is 0 Å². The van der Waals surface area contributed by atoms with E-state index >= 15 is 0 Å². The molecule has 0 unspecified atom stereocenters. The molecule has 0 spiro atoms. The summed E-state index contributed by atoms with van der Waals surface area (Å²) < 4.78 is 0. The molecule has 0 saturated heterocycles. The highest BCUT2D eigenvalue weighted by Crippen LogP contribution is 2.26. The van der Waals surface area contributed by atoms with Crippen molar-refractivity contribution in [2.75, 3.05) is 0 Å². The van der Waals surface area contributed by atoms with Gasteiger partial charge in [-0.1, -0.05) is 61.1 Å². The third-order valence-electron chi connectivity index (χ3n) is 3.35. The first kappa shape index (κ1) is 12.7. The van der Waals surface area contributed by atoms with Gasteiger partial charge in [0, 0.05) is 11.6 Å². The Balaban J connectivity index is 2.10. The SMILES string of the molecule is CCC=C(N)[C@@H]1C=CC(c2ccc(C)cc2)=CC1. The van der Waals surface area contributed by atoms with Crippen molar-refractivity contribution >= 4 is 5.57 Å². The second-order valence-electron chi connectivity index (χ2n) is 4.84. The topological polar surface area (TPSA) is 26.0 Å². The maximum atomic E-state index is 6.04. The quantitative estimate of drug-likeness (QED) is 0.840. The highest BCUT2D eigenvalue weighted by Gasteiger charge is 2.11. The standard InChI is InChI=1S/C17H21N/c1-3-4-17(18)16-11-9-15(10-12-16)14-7-5-13(2)6-8-14/h4-11,16H,3,12,18H2,1-2H3/t16-/m1/s1. The Morgan fingerprint density at radius 2 is 2.06 bits per heavy atom. The molecular weight excluding hydrogens is 218 g/mol. The molecule has 94 valence electrons. The van der Waals surface area contributed by atoms with Crippen molar-refractivity contribution in [3.8, 4) is 0 Å². The molecule has 1 heteroatoms. The van der Waals surface area contributed by atoms with Crippen molar-refractivity contribution in [3.05, 3.63) is 65.4 Å². The van der Waals surface area contributed by atoms with Gasteiger partial charge in [0.2, 0.25) is 0 Å². The predicted octanol–water partition coefficient (Wildman–Crippen LogP) is 4.21. The van der Waals surface area contributed by atoms with E-state index in [1.54, 1.807) is 0 Å². The smallest absolute Gasteiger partial charge is 0.0199 e. The molecule has 0 aliphatic heterocycles. The van der Waals surface area contributed by atoms with Crippen molar-refractivity contribution in [2.45, 2.75) is 26.7 Å². The van der Waals surface area contributed by atoms with Crippen LogP contribution in [0.4, 0.5) is 0 Å². The Bertz CT molecular complexity index is 489. The fraction of sp³-hybridized carbons (Fsp3) is 0.294. The maximum absolute atomic E-state index is 6.04. The maximum Gasteiger partial charge on any atom is 0.0199 e. The van der Waals surface area contributed by atoms with Gasteiger partial charge in [0.1, 0.15) is 0 Å². The number of hydrogen-bond donors (Lipinski definition) is 1. The Kier molecular flexibility index (Phi) is 4.03. The second-order valence-corrected chi connectivity index (χ2v) is 4.84. The van der Waals surface area contributed by atoms with Crippen LogP contribution in [0.2, 0.25) is 0 Å². The number of benzene rings is 1. The number of allylic oxidation sites excluding steroid dienone is 5. The van der Waals surface area contributed by atoms with E-state index in [1.165, 1.54) is 16.7 Å². The van der Waals surface area contributed by atoms with E-state index in [1.807, 2.05) is 0 Å². The fourth-order valence-electron chi connectivity index (χ4n) is 2.21. The Labute approximate surface area is 110 Å². The van der Waals surface area contributed by atoms with Crippen molar-refractivity contribution in [3.63, 3.8) is 0 Å². The molecule has 0 heterocycles. The first-order chi connectivity index (χ1) is 8.70. The Hall–Kier alpha value is -1.76. The molecule has 0 aromatic heterocycles. The minimum atomic E-state index is 0.374. The highest BCUT2D eigenvalue weighted by atomic mass is 14.6. The van der Waals surface area contributed by atoms with Gasteiger partial charge in [-0.15, -0.1) is 0 Å². The van der Waals surface area contributed by atoms with E-state index in [0.29, 0.717) is 5.92 Å². The third-order valence-corrected chi connectivity index (χ3v) is 3.35. The number of hydrogen-bond acceptors (Lipinski definition) is 1. The molecule has 0 bridgehead atoms. The van der Waals surface area contributed by atoms with Gasteiger partial charge in [-0.2, -0.15) is 0 Å². The van der Waals surface area contributed by atoms with E-state index in [9.17, 15) is 0 Å². The van der Waals surface area contributed by atoms with Crippen molar-refractivity contribution in [1.29, 1.82) is 0 Å². The zero-order valence-electron chi connectivity index (χ0n) is 11.2. The molecule has 18 heavy (non-hydrogen) atoms. The molecule has 2 rings (SSSR count). The van der Waals surface area contributed by atoms with Gasteiger partial charge in [-0.25, -0.2) is 0 Å². The molecule has 0 amide bonds. The van der Waals surface area contributed by atoms with E-state index in [4.69, 9.17) is 5.73 Å². The van der Waals surface area contributed by atoms with Crippen LogP contribution in [0.1, 0.15) is 30.9 Å². The lowest BCUT2D eigenvalue weighted by Gasteiger charge is -2.17. The molecule has 1 nitrogen and oxygen atoms in total. The van der Waals surface area contributed by atoms with E-state index < -0.39 is 0 Å². The summed E-state index contributed by atoms with van der Waals surface area (Å²) in [6.45, 7) is 4.23. The molecule has 0 radical (unpaired) electrons. The summed E-state index contributed by atoms with van der Waals surface area (Å²) in [4.78, 5) is 0. The average Bonchev–Trinajstić information content (AvgIpc) is 2.40. The Morgan fingerprint density at radius 1 is 1.33 bits per heavy atom. The molecule has 1 atom stereocenters. The summed E-state index contributed by atoms with van der Waals surface area (Å²) in [6, 6.07) is 8.66. The zero-order chi connectivity index (χ0) is 13.0. The normalized spacial score (nSPS) is 19.8. The van der Waals surface area contributed by atoms with Crippen LogP contribution in [-0.2, 0) is 0 Å². The minimum absolute atomic E-state index is 0.374. The largest absolute Gasteiger partial charge is 0.402 e. The van der Waals surface area contributed by atoms with Crippen molar-refractivity contribution in [2.24, 2.45) is 11.7 Å². The second kappa shape index (κ2) is 5.72. The minimum Gasteiger partial charge on any atom is -0.402 e. The van der Waals surface area contributed by atoms with E-state index in [2.05, 4.69) is 62.4 Å². The lowest BCUT2D eigenvalue weighted by Crippen LogP contribution is -2.11. The van der Waals surface area contributed by atoms with Gasteiger partial charge in [0.05, 0.1) is 0 Å². The van der Waals surface area contributed by atoms with Gasteiger partial charge in [0.15, 0.2) is 0 Å². The van der Waals surface area contributed by atoms with Gasteiger partial charge in [-0.05, 0) is 30.9 Å². The van der Waals surface area contributed by atoms with E-state index in [0.717, 1.165) is 18.5 Å². The van der Waals surface area contributed by atoms with Crippen LogP contribution >= 0.6 is 0 Å². The van der Waals surface area contributed by atoms with Crippen LogP contribution in [0, 0.1) is 12.8 Å². The first-order valence-corrected chi connectivity index (χ1v) is 6.61. The van der Waals surface area contributed by atoms with Gasteiger partial charge in [0.25, 0.3) is 0 Å². The van der Waals surface area contributed by atoms with Crippen molar-refractivity contribution < 1.29 is 0 Å².